The number of aromatic amines is 1. The molecule has 7 heteroatoms. The lowest BCUT2D eigenvalue weighted by molar-refractivity contribution is 0.0782. The second-order valence-electron chi connectivity index (χ2n) is 7.72. The van der Waals surface area contributed by atoms with Crippen LogP contribution in [0.3, 0.4) is 0 Å². The van der Waals surface area contributed by atoms with Gasteiger partial charge in [-0.05, 0) is 55.5 Å². The summed E-state index contributed by atoms with van der Waals surface area (Å²) < 4.78 is 5.84. The molecule has 32 heavy (non-hydrogen) atoms. The van der Waals surface area contributed by atoms with E-state index in [2.05, 4.69) is 20.2 Å². The number of para-hydroxylation sites is 2. The number of aryl methyl sites for hydroxylation is 1. The Morgan fingerprint density at radius 1 is 0.938 bits per heavy atom. The van der Waals surface area contributed by atoms with Crippen molar-refractivity contribution in [2.75, 3.05) is 7.05 Å². The number of hydrogen-bond donors (Lipinski definition) is 1. The topological polar surface area (TPSA) is 87.9 Å². The molecule has 0 unspecified atom stereocenters. The van der Waals surface area contributed by atoms with Crippen molar-refractivity contribution < 1.29 is 9.21 Å². The number of carbonyl (C=O) groups is 1. The first-order chi connectivity index (χ1) is 15.6. The van der Waals surface area contributed by atoms with Crippen molar-refractivity contribution in [1.29, 1.82) is 0 Å². The van der Waals surface area contributed by atoms with Crippen LogP contribution in [0.4, 0.5) is 0 Å². The number of carbonyl (C=O) groups excluding carboxylic acids is 1. The highest BCUT2D eigenvalue weighted by molar-refractivity contribution is 5.94. The lowest BCUT2D eigenvalue weighted by atomic mass is 10.1. The molecule has 0 saturated carbocycles. The number of nitrogens with one attached hydrogen (secondary N) is 1. The van der Waals surface area contributed by atoms with Crippen LogP contribution in [0.2, 0.25) is 0 Å². The van der Waals surface area contributed by atoms with Gasteiger partial charge in [-0.1, -0.05) is 29.8 Å². The van der Waals surface area contributed by atoms with E-state index in [1.165, 1.54) is 0 Å². The molecule has 0 fully saturated rings. The number of rotatable bonds is 5. The van der Waals surface area contributed by atoms with Crippen LogP contribution >= 0.6 is 0 Å². The Bertz CT molecular complexity index is 1370. The van der Waals surface area contributed by atoms with E-state index in [1.807, 2.05) is 67.6 Å². The monoisotopic (exact) mass is 423 g/mol. The fraction of sp³-hybridized carbons (Fsp3) is 0.120. The lowest BCUT2D eigenvalue weighted by Crippen LogP contribution is -2.26. The van der Waals surface area contributed by atoms with Crippen LogP contribution in [0, 0.1) is 6.92 Å². The van der Waals surface area contributed by atoms with E-state index in [9.17, 15) is 4.79 Å². The number of aromatic nitrogens is 4. The molecule has 0 aliphatic rings. The molecule has 1 N–H and O–H groups in total. The van der Waals surface area contributed by atoms with Gasteiger partial charge in [0.2, 0.25) is 11.8 Å². The molecule has 0 radical (unpaired) electrons. The third-order valence-electron chi connectivity index (χ3n) is 5.24. The third kappa shape index (κ3) is 3.88. The van der Waals surface area contributed by atoms with Crippen molar-refractivity contribution in [2.24, 2.45) is 0 Å². The first kappa shape index (κ1) is 19.7. The van der Waals surface area contributed by atoms with E-state index >= 15 is 0 Å². The van der Waals surface area contributed by atoms with Gasteiger partial charge in [0, 0.05) is 23.7 Å². The maximum Gasteiger partial charge on any atom is 0.254 e. The summed E-state index contributed by atoms with van der Waals surface area (Å²) in [6.45, 7) is 2.40. The molecule has 1 amide bonds. The Balaban J connectivity index is 1.30. The zero-order valence-electron chi connectivity index (χ0n) is 17.7. The van der Waals surface area contributed by atoms with Gasteiger partial charge in [0.15, 0.2) is 0 Å². The number of H-pyrrole nitrogens is 1. The van der Waals surface area contributed by atoms with Gasteiger partial charge in [-0.3, -0.25) is 4.79 Å². The van der Waals surface area contributed by atoms with Crippen LogP contribution in [0.5, 0.6) is 0 Å². The maximum absolute atomic E-state index is 12.9. The number of benzene rings is 3. The van der Waals surface area contributed by atoms with Crippen LogP contribution in [-0.2, 0) is 6.54 Å². The van der Waals surface area contributed by atoms with E-state index in [0.717, 1.165) is 33.5 Å². The van der Waals surface area contributed by atoms with E-state index in [-0.39, 0.29) is 5.91 Å². The van der Waals surface area contributed by atoms with Gasteiger partial charge in [-0.25, -0.2) is 4.98 Å². The number of amides is 1. The van der Waals surface area contributed by atoms with E-state index in [0.29, 0.717) is 23.9 Å². The summed E-state index contributed by atoms with van der Waals surface area (Å²) in [5.74, 6) is 1.53. The van der Waals surface area contributed by atoms with Crippen LogP contribution in [-0.4, -0.2) is 38.0 Å². The van der Waals surface area contributed by atoms with E-state index in [4.69, 9.17) is 4.42 Å². The molecule has 0 atom stereocenters. The molecule has 0 aliphatic carbocycles. The van der Waals surface area contributed by atoms with Crippen LogP contribution in [0.25, 0.3) is 33.9 Å². The molecule has 3 aromatic carbocycles. The fourth-order valence-corrected chi connectivity index (χ4v) is 3.59. The van der Waals surface area contributed by atoms with E-state index in [1.54, 1.807) is 24.1 Å². The summed E-state index contributed by atoms with van der Waals surface area (Å²) in [6, 6.07) is 22.9. The molecule has 158 valence electrons. The normalized spacial score (nSPS) is 11.1. The molecule has 0 bridgehead atoms. The molecule has 0 aliphatic heterocycles. The predicted octanol–water partition coefficient (Wildman–Crippen LogP) is 4.86. The van der Waals surface area contributed by atoms with E-state index < -0.39 is 0 Å². The van der Waals surface area contributed by atoms with Gasteiger partial charge in [-0.15, -0.1) is 10.2 Å². The summed E-state index contributed by atoms with van der Waals surface area (Å²) in [4.78, 5) is 22.3. The highest BCUT2D eigenvalue weighted by Gasteiger charge is 2.16. The zero-order valence-corrected chi connectivity index (χ0v) is 17.7. The Morgan fingerprint density at radius 2 is 1.69 bits per heavy atom. The largest absolute Gasteiger partial charge is 0.416 e. The highest BCUT2D eigenvalue weighted by Crippen LogP contribution is 2.25. The average Bonchev–Trinajstić information content (AvgIpc) is 3.46. The zero-order chi connectivity index (χ0) is 22.1. The second kappa shape index (κ2) is 8.11. The molecule has 7 nitrogen and oxygen atoms in total. The summed E-state index contributed by atoms with van der Waals surface area (Å²) in [5.41, 5.74) is 5.17. The van der Waals surface area contributed by atoms with Gasteiger partial charge in [0.1, 0.15) is 5.82 Å². The van der Waals surface area contributed by atoms with Crippen molar-refractivity contribution in [1.82, 2.24) is 25.1 Å². The minimum Gasteiger partial charge on any atom is -0.416 e. The highest BCUT2D eigenvalue weighted by atomic mass is 16.4. The quantitative estimate of drug-likeness (QED) is 0.436. The van der Waals surface area contributed by atoms with Crippen LogP contribution in [0.15, 0.2) is 77.2 Å². The smallest absolute Gasteiger partial charge is 0.254 e. The molecule has 0 spiro atoms. The standard InChI is InChI=1S/C25H21N5O2/c1-16-6-5-7-19(14-16)24-29-28-23(32-24)17-10-12-18(13-11-17)25(31)30(2)15-22-26-20-8-3-4-9-21(20)27-22/h3-14H,15H2,1-2H3,(H,26,27). The number of imidazole rings is 1. The number of nitrogens with zero attached hydrogens (tertiary/aromatic N) is 4. The van der Waals surface area contributed by atoms with Crippen molar-refractivity contribution in [2.45, 2.75) is 13.5 Å². The Labute approximate surface area is 184 Å². The van der Waals surface area contributed by atoms with Gasteiger partial charge in [0.05, 0.1) is 17.6 Å². The first-order valence-electron chi connectivity index (χ1n) is 10.3. The average molecular weight is 423 g/mol. The van der Waals surface area contributed by atoms with Gasteiger partial charge in [0.25, 0.3) is 5.91 Å². The molecule has 2 aromatic heterocycles. The third-order valence-corrected chi connectivity index (χ3v) is 5.24. The molecular weight excluding hydrogens is 402 g/mol. The summed E-state index contributed by atoms with van der Waals surface area (Å²) in [7, 11) is 1.76. The van der Waals surface area contributed by atoms with Crippen molar-refractivity contribution in [3.63, 3.8) is 0 Å². The molecule has 5 aromatic rings. The van der Waals surface area contributed by atoms with Crippen molar-refractivity contribution >= 4 is 16.9 Å². The van der Waals surface area contributed by atoms with Gasteiger partial charge >= 0.3 is 0 Å². The number of hydrogen-bond acceptors (Lipinski definition) is 5. The first-order valence-corrected chi connectivity index (χ1v) is 10.3. The van der Waals surface area contributed by atoms with Gasteiger partial charge < -0.3 is 14.3 Å². The summed E-state index contributed by atoms with van der Waals surface area (Å²) in [6.07, 6.45) is 0. The Morgan fingerprint density at radius 3 is 2.44 bits per heavy atom. The van der Waals surface area contributed by atoms with Crippen molar-refractivity contribution in [3.8, 4) is 22.9 Å². The van der Waals surface area contributed by atoms with Crippen LogP contribution in [0.1, 0.15) is 21.7 Å². The molecule has 5 rings (SSSR count). The summed E-state index contributed by atoms with van der Waals surface area (Å²) >= 11 is 0. The SMILES string of the molecule is Cc1cccc(-c2nnc(-c3ccc(C(=O)N(C)Cc4nc5ccccc5[nH]4)cc3)o2)c1. The minimum atomic E-state index is -0.0945. The molecule has 2 heterocycles. The lowest BCUT2D eigenvalue weighted by Gasteiger charge is -2.15. The molecular formula is C25H21N5O2. The Hall–Kier alpha value is -4.26. The predicted molar refractivity (Wildman–Crippen MR) is 122 cm³/mol. The maximum atomic E-state index is 12.9. The Kier molecular flexibility index (Phi) is 4.99. The minimum absolute atomic E-state index is 0.0945. The van der Waals surface area contributed by atoms with Crippen LogP contribution < -0.4 is 0 Å². The molecule has 0 saturated heterocycles. The van der Waals surface area contributed by atoms with Crippen molar-refractivity contribution in [3.05, 3.63) is 89.7 Å². The fourth-order valence-electron chi connectivity index (χ4n) is 3.59. The second-order valence-corrected chi connectivity index (χ2v) is 7.72. The number of fused-ring (bicyclic) bond motifs is 1. The summed E-state index contributed by atoms with van der Waals surface area (Å²) in [5, 5.41) is 8.31. The van der Waals surface area contributed by atoms with Gasteiger partial charge in [-0.2, -0.15) is 0 Å².